The molecule has 1 fully saturated rings. The van der Waals surface area contributed by atoms with Crippen LogP contribution < -0.4 is 0 Å². The van der Waals surface area contributed by atoms with Crippen molar-refractivity contribution >= 4 is 17.5 Å². The molecule has 0 aliphatic carbocycles. The highest BCUT2D eigenvalue weighted by Crippen LogP contribution is 2.21. The molecule has 1 aliphatic rings. The van der Waals surface area contributed by atoms with E-state index in [-0.39, 0.29) is 5.91 Å². The molecule has 1 amide bonds. The van der Waals surface area contributed by atoms with Gasteiger partial charge in [0.2, 0.25) is 5.91 Å². The second-order valence-electron chi connectivity index (χ2n) is 6.33. The number of halogens is 1. The van der Waals surface area contributed by atoms with Gasteiger partial charge >= 0.3 is 0 Å². The lowest BCUT2D eigenvalue weighted by Gasteiger charge is -2.38. The predicted octanol–water partition coefficient (Wildman–Crippen LogP) is 2.44. The summed E-state index contributed by atoms with van der Waals surface area (Å²) in [5.74, 6) is 1.33. The summed E-state index contributed by atoms with van der Waals surface area (Å²) in [6.45, 7) is 13.2. The molecule has 0 N–H and O–H groups in total. The third-order valence-corrected chi connectivity index (χ3v) is 4.26. The number of hydrogen-bond acceptors (Lipinski definition) is 2. The standard InChI is InChI=1S/C14H27ClN2O/c1-12(2)5-6-16-7-9-17(10-8-16)13(18)14(3,4)11-15/h12H,5-11H2,1-4H3. The molecule has 0 aromatic heterocycles. The summed E-state index contributed by atoms with van der Waals surface area (Å²) in [4.78, 5) is 16.7. The Balaban J connectivity index is 2.37. The molecule has 1 heterocycles. The molecule has 0 bridgehead atoms. The number of carbonyl (C=O) groups excluding carboxylic acids is 1. The van der Waals surface area contributed by atoms with Crippen molar-refractivity contribution in [1.82, 2.24) is 9.80 Å². The first-order valence-electron chi connectivity index (χ1n) is 6.94. The van der Waals surface area contributed by atoms with E-state index in [2.05, 4.69) is 18.7 Å². The van der Waals surface area contributed by atoms with Crippen LogP contribution in [-0.4, -0.2) is 54.3 Å². The maximum Gasteiger partial charge on any atom is 0.229 e. The molecule has 0 spiro atoms. The van der Waals surface area contributed by atoms with E-state index in [1.165, 1.54) is 6.42 Å². The summed E-state index contributed by atoms with van der Waals surface area (Å²) < 4.78 is 0. The molecule has 4 heteroatoms. The molecule has 0 aromatic rings. The summed E-state index contributed by atoms with van der Waals surface area (Å²) in [7, 11) is 0. The van der Waals surface area contributed by atoms with Crippen molar-refractivity contribution in [2.75, 3.05) is 38.6 Å². The molecule has 0 aromatic carbocycles. The zero-order chi connectivity index (χ0) is 13.8. The molecule has 106 valence electrons. The smallest absolute Gasteiger partial charge is 0.229 e. The van der Waals surface area contributed by atoms with Crippen molar-refractivity contribution < 1.29 is 4.79 Å². The number of alkyl halides is 1. The van der Waals surface area contributed by atoms with Crippen molar-refractivity contribution in [2.45, 2.75) is 34.1 Å². The van der Waals surface area contributed by atoms with Gasteiger partial charge in [0, 0.05) is 32.1 Å². The Morgan fingerprint density at radius 1 is 1.22 bits per heavy atom. The molecule has 3 nitrogen and oxygen atoms in total. The first-order chi connectivity index (χ1) is 8.36. The summed E-state index contributed by atoms with van der Waals surface area (Å²) in [5, 5.41) is 0. The normalized spacial score (nSPS) is 18.4. The molecular weight excluding hydrogens is 248 g/mol. The van der Waals surface area contributed by atoms with E-state index in [4.69, 9.17) is 11.6 Å². The Morgan fingerprint density at radius 2 is 1.78 bits per heavy atom. The highest BCUT2D eigenvalue weighted by molar-refractivity contribution is 6.19. The number of carbonyl (C=O) groups is 1. The van der Waals surface area contributed by atoms with E-state index in [0.29, 0.717) is 5.88 Å². The van der Waals surface area contributed by atoms with Crippen LogP contribution in [0.4, 0.5) is 0 Å². The number of amides is 1. The maximum absolute atomic E-state index is 12.2. The molecule has 1 aliphatic heterocycles. The minimum atomic E-state index is -0.429. The lowest BCUT2D eigenvalue weighted by atomic mass is 9.94. The van der Waals surface area contributed by atoms with Gasteiger partial charge in [0.1, 0.15) is 0 Å². The van der Waals surface area contributed by atoms with Gasteiger partial charge in [0.15, 0.2) is 0 Å². The second kappa shape index (κ2) is 6.76. The lowest BCUT2D eigenvalue weighted by Crippen LogP contribution is -2.52. The lowest BCUT2D eigenvalue weighted by molar-refractivity contribution is -0.141. The summed E-state index contributed by atoms with van der Waals surface area (Å²) in [6.07, 6.45) is 1.24. The molecule has 0 unspecified atom stereocenters. The largest absolute Gasteiger partial charge is 0.340 e. The van der Waals surface area contributed by atoms with Crippen molar-refractivity contribution in [1.29, 1.82) is 0 Å². The summed E-state index contributed by atoms with van der Waals surface area (Å²) in [6, 6.07) is 0. The van der Waals surface area contributed by atoms with E-state index < -0.39 is 5.41 Å². The Kier molecular flexibility index (Phi) is 5.93. The third-order valence-electron chi connectivity index (χ3n) is 3.60. The van der Waals surface area contributed by atoms with E-state index in [0.717, 1.165) is 38.6 Å². The quantitative estimate of drug-likeness (QED) is 0.719. The molecule has 0 saturated carbocycles. The zero-order valence-electron chi connectivity index (χ0n) is 12.2. The Hall–Kier alpha value is -0.280. The first kappa shape index (κ1) is 15.8. The monoisotopic (exact) mass is 274 g/mol. The van der Waals surface area contributed by atoms with Crippen LogP contribution in [0.15, 0.2) is 0 Å². The number of nitrogens with zero attached hydrogens (tertiary/aromatic N) is 2. The summed E-state index contributed by atoms with van der Waals surface area (Å²) >= 11 is 5.86. The molecule has 0 radical (unpaired) electrons. The van der Waals surface area contributed by atoms with Gasteiger partial charge in [-0.05, 0) is 32.7 Å². The number of rotatable bonds is 5. The van der Waals surface area contributed by atoms with Gasteiger partial charge in [-0.15, -0.1) is 11.6 Å². The fraction of sp³-hybridized carbons (Fsp3) is 0.929. The van der Waals surface area contributed by atoms with Gasteiger partial charge in [-0.1, -0.05) is 13.8 Å². The van der Waals surface area contributed by atoms with Gasteiger partial charge in [-0.2, -0.15) is 0 Å². The van der Waals surface area contributed by atoms with Gasteiger partial charge in [-0.3, -0.25) is 9.69 Å². The number of piperazine rings is 1. The molecular formula is C14H27ClN2O. The molecule has 18 heavy (non-hydrogen) atoms. The summed E-state index contributed by atoms with van der Waals surface area (Å²) in [5.41, 5.74) is -0.429. The molecule has 0 atom stereocenters. The van der Waals surface area contributed by atoms with Crippen LogP contribution in [0.1, 0.15) is 34.1 Å². The van der Waals surface area contributed by atoms with Crippen LogP contribution in [-0.2, 0) is 4.79 Å². The highest BCUT2D eigenvalue weighted by Gasteiger charge is 2.32. The minimum Gasteiger partial charge on any atom is -0.340 e. The van der Waals surface area contributed by atoms with Crippen molar-refractivity contribution in [3.8, 4) is 0 Å². The third kappa shape index (κ3) is 4.43. The van der Waals surface area contributed by atoms with Crippen LogP contribution in [0, 0.1) is 11.3 Å². The van der Waals surface area contributed by atoms with Gasteiger partial charge in [0.25, 0.3) is 0 Å². The molecule has 1 saturated heterocycles. The Morgan fingerprint density at radius 3 is 2.22 bits per heavy atom. The van der Waals surface area contributed by atoms with Crippen LogP contribution >= 0.6 is 11.6 Å². The Labute approximate surface area is 116 Å². The fourth-order valence-electron chi connectivity index (χ4n) is 2.10. The van der Waals surface area contributed by atoms with Crippen molar-refractivity contribution in [2.24, 2.45) is 11.3 Å². The predicted molar refractivity (Wildman–Crippen MR) is 77.0 cm³/mol. The Bertz CT molecular complexity index is 271. The van der Waals surface area contributed by atoms with E-state index in [9.17, 15) is 4.79 Å². The highest BCUT2D eigenvalue weighted by atomic mass is 35.5. The van der Waals surface area contributed by atoms with E-state index in [1.54, 1.807) is 0 Å². The van der Waals surface area contributed by atoms with Crippen molar-refractivity contribution in [3.05, 3.63) is 0 Å². The first-order valence-corrected chi connectivity index (χ1v) is 7.48. The average Bonchev–Trinajstić information content (AvgIpc) is 2.36. The van der Waals surface area contributed by atoms with Gasteiger partial charge < -0.3 is 4.90 Å². The van der Waals surface area contributed by atoms with Crippen LogP contribution in [0.25, 0.3) is 0 Å². The zero-order valence-corrected chi connectivity index (χ0v) is 13.0. The van der Waals surface area contributed by atoms with Gasteiger partial charge in [-0.25, -0.2) is 0 Å². The maximum atomic E-state index is 12.2. The van der Waals surface area contributed by atoms with Crippen LogP contribution in [0.5, 0.6) is 0 Å². The average molecular weight is 275 g/mol. The van der Waals surface area contributed by atoms with Crippen molar-refractivity contribution in [3.63, 3.8) is 0 Å². The minimum absolute atomic E-state index is 0.195. The van der Waals surface area contributed by atoms with E-state index in [1.807, 2.05) is 18.7 Å². The fourth-order valence-corrected chi connectivity index (χ4v) is 2.21. The number of hydrogen-bond donors (Lipinski definition) is 0. The van der Waals surface area contributed by atoms with Crippen LogP contribution in [0.2, 0.25) is 0 Å². The van der Waals surface area contributed by atoms with Crippen LogP contribution in [0.3, 0.4) is 0 Å². The second-order valence-corrected chi connectivity index (χ2v) is 6.60. The topological polar surface area (TPSA) is 23.6 Å². The van der Waals surface area contributed by atoms with Gasteiger partial charge in [0.05, 0.1) is 5.41 Å². The molecule has 1 rings (SSSR count). The SMILES string of the molecule is CC(C)CCN1CCN(C(=O)C(C)(C)CCl)CC1. The van der Waals surface area contributed by atoms with E-state index >= 15 is 0 Å².